The first-order valence-electron chi connectivity index (χ1n) is 10.6. The number of ether oxygens (including phenoxy) is 3. The van der Waals surface area contributed by atoms with Crippen molar-refractivity contribution in [3.8, 4) is 11.5 Å². The zero-order valence-electron chi connectivity index (χ0n) is 18.3. The van der Waals surface area contributed by atoms with Crippen LogP contribution in [0.2, 0.25) is 0 Å². The number of hydrogen-bond acceptors (Lipinski definition) is 9. The molecule has 0 N–H and O–H groups in total. The number of rotatable bonds is 4. The van der Waals surface area contributed by atoms with Crippen molar-refractivity contribution >= 4 is 36.9 Å². The van der Waals surface area contributed by atoms with Gasteiger partial charge >= 0.3 is 11.9 Å². The molecule has 11 heteroatoms. The van der Waals surface area contributed by atoms with Gasteiger partial charge in [-0.15, -0.1) is 0 Å². The number of hydrogen-bond donors (Lipinski definition) is 0. The molecule has 1 aromatic carbocycles. The molecule has 0 aromatic heterocycles. The summed E-state index contributed by atoms with van der Waals surface area (Å²) in [7, 11) is -3.54. The molecule has 1 saturated heterocycles. The van der Waals surface area contributed by atoms with Gasteiger partial charge in [0.25, 0.3) is 9.06 Å². The Labute approximate surface area is 194 Å². The van der Waals surface area contributed by atoms with E-state index in [0.29, 0.717) is 35.1 Å². The van der Waals surface area contributed by atoms with Crippen molar-refractivity contribution in [3.63, 3.8) is 0 Å². The summed E-state index contributed by atoms with van der Waals surface area (Å²) in [6, 6.07) is 3.06. The van der Waals surface area contributed by atoms with E-state index in [2.05, 4.69) is 0 Å². The van der Waals surface area contributed by atoms with Crippen LogP contribution in [0.3, 0.4) is 0 Å². The summed E-state index contributed by atoms with van der Waals surface area (Å²) in [6.45, 7) is 4.07. The Bertz CT molecular complexity index is 1210. The fraction of sp³-hybridized carbons (Fsp3) is 0.500. The highest BCUT2D eigenvalue weighted by atomic mass is 33.1. The van der Waals surface area contributed by atoms with Crippen LogP contribution in [0.5, 0.6) is 11.5 Å². The number of nitrogens with zero attached hydrogens (tertiary/aromatic N) is 1. The summed E-state index contributed by atoms with van der Waals surface area (Å²) in [5.41, 5.74) is 1.14. The summed E-state index contributed by atoms with van der Waals surface area (Å²) in [6.07, 6.45) is 3.23. The largest absolute Gasteiger partial charge is 0.481 e. The third-order valence-corrected chi connectivity index (χ3v) is 10.2. The lowest BCUT2D eigenvalue weighted by molar-refractivity contribution is -0.151. The Morgan fingerprint density at radius 1 is 1.15 bits per heavy atom. The number of carbonyl (C=O) groups is 3. The minimum atomic E-state index is -3.88. The maximum Gasteiger partial charge on any atom is 0.308 e. The molecule has 0 amide bonds. The van der Waals surface area contributed by atoms with E-state index in [9.17, 15) is 22.8 Å². The van der Waals surface area contributed by atoms with Gasteiger partial charge in [-0.25, -0.2) is 0 Å². The first kappa shape index (κ1) is 22.4. The molecular formula is C22H23NO8S2. The molecule has 4 aliphatic rings. The average molecular weight is 494 g/mol. The second-order valence-electron chi connectivity index (χ2n) is 8.75. The quantitative estimate of drug-likeness (QED) is 0.268. The summed E-state index contributed by atoms with van der Waals surface area (Å²) < 4.78 is 44.9. The van der Waals surface area contributed by atoms with Gasteiger partial charge in [0.2, 0.25) is 5.12 Å². The van der Waals surface area contributed by atoms with E-state index in [1.54, 1.807) is 12.1 Å². The molecule has 33 heavy (non-hydrogen) atoms. The van der Waals surface area contributed by atoms with Crippen LogP contribution >= 0.6 is 10.8 Å². The summed E-state index contributed by atoms with van der Waals surface area (Å²) in [5, 5.41) is -0.490. The molecule has 2 aliphatic carbocycles. The number of benzene rings is 1. The van der Waals surface area contributed by atoms with E-state index < -0.39 is 49.8 Å². The van der Waals surface area contributed by atoms with Crippen LogP contribution in [0.4, 0.5) is 0 Å². The van der Waals surface area contributed by atoms with Gasteiger partial charge in [0.1, 0.15) is 6.10 Å². The van der Waals surface area contributed by atoms with Crippen molar-refractivity contribution in [1.82, 2.24) is 4.31 Å². The van der Waals surface area contributed by atoms with Gasteiger partial charge in [0, 0.05) is 50.3 Å². The molecule has 9 nitrogen and oxygen atoms in total. The molecule has 5 atom stereocenters. The summed E-state index contributed by atoms with van der Waals surface area (Å²) in [4.78, 5) is 35.1. The number of piperidine rings is 1. The Kier molecular flexibility index (Phi) is 5.15. The summed E-state index contributed by atoms with van der Waals surface area (Å²) in [5.74, 6) is -0.446. The van der Waals surface area contributed by atoms with E-state index in [-0.39, 0.29) is 12.5 Å². The first-order valence-corrected chi connectivity index (χ1v) is 13.4. The van der Waals surface area contributed by atoms with Crippen LogP contribution in [0.25, 0.3) is 0 Å². The molecule has 0 radical (unpaired) electrons. The monoisotopic (exact) mass is 493 g/mol. The zero-order chi connectivity index (χ0) is 23.7. The van der Waals surface area contributed by atoms with Crippen LogP contribution in [0.1, 0.15) is 38.3 Å². The maximum absolute atomic E-state index is 13.0. The van der Waals surface area contributed by atoms with E-state index in [0.717, 1.165) is 11.1 Å². The zero-order valence-corrected chi connectivity index (χ0v) is 19.9. The van der Waals surface area contributed by atoms with Crippen LogP contribution in [-0.2, 0) is 40.0 Å². The van der Waals surface area contributed by atoms with Crippen LogP contribution < -0.4 is 9.47 Å². The second-order valence-corrected chi connectivity index (χ2v) is 12.6. The van der Waals surface area contributed by atoms with Crippen LogP contribution in [0, 0.1) is 5.92 Å². The lowest BCUT2D eigenvalue weighted by Gasteiger charge is -2.56. The topological polar surface area (TPSA) is 116 Å². The van der Waals surface area contributed by atoms with Gasteiger partial charge in [0.15, 0.2) is 17.6 Å². The lowest BCUT2D eigenvalue weighted by atomic mass is 9.53. The molecule has 1 unspecified atom stereocenters. The number of esters is 2. The van der Waals surface area contributed by atoms with E-state index in [1.807, 2.05) is 12.1 Å². The van der Waals surface area contributed by atoms with Crippen LogP contribution in [0.15, 0.2) is 24.3 Å². The standard InChI is InChI=1S/C22H23NO8S2/c1-11(24)29-17-6-4-14-10-16-15-5-7-18(30-12(2)25)21-22(15,19(14)20(17)31-21)8-9-23(16)33(27,28)32-13(3)26/h4-7,15-16,18,21H,8-10H2,1-3H3/t15?,16-,18+,21+,22+/m1/s1. The highest BCUT2D eigenvalue weighted by Crippen LogP contribution is 2.63. The predicted octanol–water partition coefficient (Wildman–Crippen LogP) is 1.88. The SMILES string of the molecule is CC(=O)Oc1ccc2c3c1O[C@H]1[C@@H](OC(C)=O)C=CC4[C@@H](C2)N(S(=O)(=O)SC(C)=O)CC[C@@]341. The van der Waals surface area contributed by atoms with E-state index >= 15 is 0 Å². The van der Waals surface area contributed by atoms with Crippen molar-refractivity contribution in [2.45, 2.75) is 57.3 Å². The summed E-state index contributed by atoms with van der Waals surface area (Å²) >= 11 is 0. The van der Waals surface area contributed by atoms with Crippen molar-refractivity contribution in [2.75, 3.05) is 6.54 Å². The van der Waals surface area contributed by atoms with E-state index in [4.69, 9.17) is 14.2 Å². The molecule has 1 aromatic rings. The molecule has 1 fully saturated rings. The normalized spacial score (nSPS) is 31.4. The Morgan fingerprint density at radius 2 is 1.91 bits per heavy atom. The van der Waals surface area contributed by atoms with Gasteiger partial charge in [-0.3, -0.25) is 14.4 Å². The molecule has 2 aliphatic heterocycles. The molecule has 5 rings (SSSR count). The Balaban J connectivity index is 1.67. The highest BCUT2D eigenvalue weighted by Gasteiger charge is 2.66. The minimum absolute atomic E-state index is 0.195. The van der Waals surface area contributed by atoms with Crippen molar-refractivity contribution in [3.05, 3.63) is 35.4 Å². The molecule has 0 saturated carbocycles. The van der Waals surface area contributed by atoms with Crippen molar-refractivity contribution in [1.29, 1.82) is 0 Å². The Morgan fingerprint density at radius 3 is 2.58 bits per heavy atom. The molecule has 2 heterocycles. The fourth-order valence-corrected chi connectivity index (χ4v) is 8.97. The smallest absolute Gasteiger partial charge is 0.308 e. The third kappa shape index (κ3) is 3.31. The molecule has 2 bridgehead atoms. The van der Waals surface area contributed by atoms with Crippen LogP contribution in [-0.4, -0.2) is 54.6 Å². The van der Waals surface area contributed by atoms with Gasteiger partial charge in [-0.05, 0) is 30.5 Å². The minimum Gasteiger partial charge on any atom is -0.481 e. The molecule has 1 spiro atoms. The average Bonchev–Trinajstić information content (AvgIpc) is 3.03. The third-order valence-electron chi connectivity index (χ3n) is 6.85. The van der Waals surface area contributed by atoms with Gasteiger partial charge in [0.05, 0.1) is 10.8 Å². The fourth-order valence-electron chi connectivity index (χ4n) is 6.00. The predicted molar refractivity (Wildman–Crippen MR) is 118 cm³/mol. The second kappa shape index (κ2) is 7.57. The van der Waals surface area contributed by atoms with Crippen molar-refractivity contribution in [2.24, 2.45) is 5.92 Å². The highest BCUT2D eigenvalue weighted by molar-refractivity contribution is 8.77. The molecular weight excluding hydrogens is 470 g/mol. The van der Waals surface area contributed by atoms with Crippen molar-refractivity contribution < 1.29 is 37.0 Å². The lowest BCUT2D eigenvalue weighted by Crippen LogP contribution is -2.66. The van der Waals surface area contributed by atoms with Gasteiger partial charge in [-0.1, -0.05) is 12.1 Å². The van der Waals surface area contributed by atoms with E-state index in [1.165, 1.54) is 25.1 Å². The Hall–Kier alpha value is -2.37. The number of carbonyl (C=O) groups excluding carboxylic acids is 3. The maximum atomic E-state index is 13.0. The van der Waals surface area contributed by atoms with Gasteiger partial charge in [-0.2, -0.15) is 12.7 Å². The molecule has 176 valence electrons. The first-order chi connectivity index (χ1) is 15.5. The van der Waals surface area contributed by atoms with Gasteiger partial charge < -0.3 is 14.2 Å².